The van der Waals surface area contributed by atoms with E-state index >= 15 is 0 Å². The summed E-state index contributed by atoms with van der Waals surface area (Å²) < 4.78 is 15.6. The van der Waals surface area contributed by atoms with Gasteiger partial charge in [-0.1, -0.05) is 42.5 Å². The molecule has 55 heavy (non-hydrogen) atoms. The molecule has 2 aromatic heterocycles. The maximum Gasteiger partial charge on any atom is 0.223 e. The average Bonchev–Trinajstić information content (AvgIpc) is 3.91. The molecule has 2 aromatic carbocycles. The molecule has 2 aliphatic carbocycles. The lowest BCUT2D eigenvalue weighted by Gasteiger charge is -2.36. The van der Waals surface area contributed by atoms with Crippen molar-refractivity contribution >= 4 is 40.1 Å². The van der Waals surface area contributed by atoms with E-state index in [0.29, 0.717) is 50.5 Å². The molecule has 298 valence electrons. The number of nitrogens with one attached hydrogen (secondary N) is 3. The van der Waals surface area contributed by atoms with Crippen LogP contribution in [0.5, 0.6) is 5.75 Å². The molecule has 12 nitrogen and oxygen atoms in total. The van der Waals surface area contributed by atoms with E-state index in [1.54, 1.807) is 55.9 Å². The smallest absolute Gasteiger partial charge is 0.223 e. The van der Waals surface area contributed by atoms with Crippen molar-refractivity contribution in [1.82, 2.24) is 30.6 Å². The molecule has 0 saturated heterocycles. The molecule has 0 spiro atoms. The number of methoxy groups -OCH3 is 3. The van der Waals surface area contributed by atoms with Gasteiger partial charge in [0.2, 0.25) is 12.3 Å². The van der Waals surface area contributed by atoms with Crippen LogP contribution in [-0.2, 0) is 25.6 Å². The summed E-state index contributed by atoms with van der Waals surface area (Å²) in [5.41, 5.74) is 7.45. The van der Waals surface area contributed by atoms with Crippen molar-refractivity contribution in [2.45, 2.75) is 89.0 Å². The lowest BCUT2D eigenvalue weighted by atomic mass is 9.90. The van der Waals surface area contributed by atoms with Gasteiger partial charge < -0.3 is 29.7 Å². The normalized spacial score (nSPS) is 19.5. The predicted octanol–water partition coefficient (Wildman–Crippen LogP) is 6.86. The monoisotopic (exact) mass is 791 g/mol. The van der Waals surface area contributed by atoms with Crippen LogP contribution in [-0.4, -0.2) is 104 Å². The summed E-state index contributed by atoms with van der Waals surface area (Å²) in [6.07, 6.45) is 9.23. The molecular formula is C41H57N7O5S2. The first-order valence-corrected chi connectivity index (χ1v) is 21.0. The summed E-state index contributed by atoms with van der Waals surface area (Å²) in [4.78, 5) is 34.5. The van der Waals surface area contributed by atoms with E-state index < -0.39 is 0 Å². The van der Waals surface area contributed by atoms with Gasteiger partial charge in [0, 0.05) is 80.3 Å². The van der Waals surface area contributed by atoms with Crippen LogP contribution in [0.2, 0.25) is 0 Å². The third kappa shape index (κ3) is 13.1. The van der Waals surface area contributed by atoms with Gasteiger partial charge in [-0.15, -0.1) is 22.7 Å². The Morgan fingerprint density at radius 1 is 0.800 bits per heavy atom. The highest BCUT2D eigenvalue weighted by molar-refractivity contribution is 7.14. The highest BCUT2D eigenvalue weighted by Crippen LogP contribution is 2.33. The maximum absolute atomic E-state index is 11.9. The van der Waals surface area contributed by atoms with Crippen LogP contribution >= 0.6 is 22.7 Å². The third-order valence-corrected chi connectivity index (χ3v) is 11.8. The van der Waals surface area contributed by atoms with Crippen molar-refractivity contribution in [2.75, 3.05) is 52.9 Å². The fourth-order valence-electron chi connectivity index (χ4n) is 7.18. The molecule has 3 N–H and O–H groups in total. The zero-order valence-electron chi connectivity index (χ0n) is 32.6. The average molecular weight is 792 g/mol. The molecule has 2 heterocycles. The molecule has 0 aliphatic heterocycles. The SMILES string of the molecule is COCCN(C(C)=O)C1CCC(NCc2nc(-c3ccccc3)cs2)CC1.COCCN(C=O)NC1CCC(Nc2nc(-c3ccccc3OC)cs2)CC1. The number of para-hydroxylation sites is 1. The van der Waals surface area contributed by atoms with Gasteiger partial charge in [0.05, 0.1) is 38.3 Å². The summed E-state index contributed by atoms with van der Waals surface area (Å²) >= 11 is 3.33. The van der Waals surface area contributed by atoms with E-state index in [1.807, 2.05) is 47.4 Å². The first-order valence-electron chi connectivity index (χ1n) is 19.2. The van der Waals surface area contributed by atoms with E-state index in [0.717, 1.165) is 97.2 Å². The molecule has 4 aromatic rings. The van der Waals surface area contributed by atoms with Crippen LogP contribution in [0.3, 0.4) is 0 Å². The molecule has 14 heteroatoms. The Labute approximate surface area is 334 Å². The minimum Gasteiger partial charge on any atom is -0.496 e. The topological polar surface area (TPSA) is 130 Å². The van der Waals surface area contributed by atoms with Crippen molar-refractivity contribution in [2.24, 2.45) is 0 Å². The van der Waals surface area contributed by atoms with Gasteiger partial charge in [0.25, 0.3) is 0 Å². The number of aromatic nitrogens is 2. The molecule has 0 unspecified atom stereocenters. The molecule has 2 amide bonds. The Kier molecular flexibility index (Phi) is 17.3. The second-order valence-corrected chi connectivity index (χ2v) is 15.7. The number of ether oxygens (including phenoxy) is 3. The molecule has 6 rings (SSSR count). The fourth-order valence-corrected chi connectivity index (χ4v) is 8.72. The lowest BCUT2D eigenvalue weighted by Crippen LogP contribution is -2.47. The number of rotatable bonds is 18. The molecule has 2 saturated carbocycles. The quantitative estimate of drug-likeness (QED) is 0.0727. The molecule has 0 atom stereocenters. The van der Waals surface area contributed by atoms with E-state index in [9.17, 15) is 9.59 Å². The Balaban J connectivity index is 0.000000211. The summed E-state index contributed by atoms with van der Waals surface area (Å²) in [5, 5.41) is 15.1. The van der Waals surface area contributed by atoms with Crippen LogP contribution in [0.1, 0.15) is 63.3 Å². The van der Waals surface area contributed by atoms with Crippen molar-refractivity contribution in [3.63, 3.8) is 0 Å². The van der Waals surface area contributed by atoms with Crippen molar-refractivity contribution in [3.8, 4) is 28.3 Å². The third-order valence-electron chi connectivity index (χ3n) is 10.2. The van der Waals surface area contributed by atoms with Gasteiger partial charge in [-0.25, -0.2) is 15.4 Å². The largest absolute Gasteiger partial charge is 0.496 e. The van der Waals surface area contributed by atoms with Gasteiger partial charge >= 0.3 is 0 Å². The summed E-state index contributed by atoms with van der Waals surface area (Å²) in [6.45, 7) is 4.85. The van der Waals surface area contributed by atoms with E-state index in [4.69, 9.17) is 24.2 Å². The first kappa shape index (κ1) is 42.2. The number of anilines is 1. The van der Waals surface area contributed by atoms with Gasteiger partial charge in [-0.3, -0.25) is 14.6 Å². The summed E-state index contributed by atoms with van der Waals surface area (Å²) in [5.74, 6) is 0.985. The van der Waals surface area contributed by atoms with Crippen LogP contribution in [0.4, 0.5) is 5.13 Å². The molecule has 2 aliphatic rings. The van der Waals surface area contributed by atoms with Crippen molar-refractivity contribution < 1.29 is 23.8 Å². The van der Waals surface area contributed by atoms with Crippen LogP contribution in [0.15, 0.2) is 65.4 Å². The number of thiazole rings is 2. The Bertz CT molecular complexity index is 1710. The van der Waals surface area contributed by atoms with E-state index in [2.05, 4.69) is 39.0 Å². The number of carbonyl (C=O) groups excluding carboxylic acids is 2. The number of nitrogens with zero attached hydrogens (tertiary/aromatic N) is 4. The second kappa shape index (κ2) is 22.6. The van der Waals surface area contributed by atoms with Crippen LogP contribution in [0.25, 0.3) is 22.5 Å². The Hall–Kier alpha value is -3.92. The van der Waals surface area contributed by atoms with Crippen LogP contribution < -0.4 is 20.8 Å². The number of hydrogen-bond acceptors (Lipinski definition) is 12. The predicted molar refractivity (Wildman–Crippen MR) is 221 cm³/mol. The van der Waals surface area contributed by atoms with Gasteiger partial charge in [0.1, 0.15) is 10.8 Å². The minimum atomic E-state index is 0.152. The highest BCUT2D eigenvalue weighted by atomic mass is 32.1. The van der Waals surface area contributed by atoms with Crippen LogP contribution in [0, 0.1) is 0 Å². The summed E-state index contributed by atoms with van der Waals surface area (Å²) in [6, 6.07) is 19.8. The maximum atomic E-state index is 11.9. The number of hydrazine groups is 1. The van der Waals surface area contributed by atoms with E-state index in [1.165, 1.54) is 5.56 Å². The Morgan fingerprint density at radius 3 is 2.15 bits per heavy atom. The lowest BCUT2D eigenvalue weighted by molar-refractivity contribution is -0.132. The Morgan fingerprint density at radius 2 is 1.45 bits per heavy atom. The standard InChI is InChI=1S/C21H29N3O2S.C20H28N4O3S/c1-16(25)24(12-13-26-2)19-10-8-18(9-11-19)22-14-21-23-20(15-27-21)17-6-4-3-5-7-17;1-26-12-11-24(14-25)23-16-9-7-15(8-10-16)21-20-22-18(13-28-20)17-5-3-4-6-19(17)27-2/h3-7,15,18-19,22H,8-14H2,1-2H3;3-6,13-16,23H,7-12H2,1-2H3,(H,21,22). The van der Waals surface area contributed by atoms with E-state index in [-0.39, 0.29) is 5.91 Å². The van der Waals surface area contributed by atoms with Gasteiger partial charge in [-0.05, 0) is 63.5 Å². The zero-order chi connectivity index (χ0) is 38.8. The fraction of sp³-hybridized carbons (Fsp3) is 0.512. The zero-order valence-corrected chi connectivity index (χ0v) is 34.2. The molecule has 2 fully saturated rings. The van der Waals surface area contributed by atoms with Gasteiger partial charge in [-0.2, -0.15) is 0 Å². The first-order chi connectivity index (χ1) is 26.9. The number of amides is 2. The highest BCUT2D eigenvalue weighted by Gasteiger charge is 2.27. The molecule has 0 radical (unpaired) electrons. The number of carbonyl (C=O) groups is 2. The number of hydrogen-bond donors (Lipinski definition) is 3. The molecular weight excluding hydrogens is 735 g/mol. The van der Waals surface area contributed by atoms with Crippen molar-refractivity contribution in [3.05, 3.63) is 70.4 Å². The van der Waals surface area contributed by atoms with Gasteiger partial charge in [0.15, 0.2) is 5.13 Å². The summed E-state index contributed by atoms with van der Waals surface area (Å²) in [7, 11) is 5.00. The van der Waals surface area contributed by atoms with Crippen molar-refractivity contribution in [1.29, 1.82) is 0 Å². The number of benzene rings is 2. The minimum absolute atomic E-state index is 0.152. The second-order valence-electron chi connectivity index (χ2n) is 13.9. The molecule has 0 bridgehead atoms.